The highest BCUT2D eigenvalue weighted by molar-refractivity contribution is 7.86. The Kier molecular flexibility index (Phi) is 6.30. The van der Waals surface area contributed by atoms with Gasteiger partial charge in [-0.2, -0.15) is 16.8 Å². The van der Waals surface area contributed by atoms with Crippen LogP contribution in [0, 0.1) is 0 Å². The SMILES string of the molecule is CO[C@H]1c2ccccc2[C@H](Oc2ccccc2)[C@@H](OS(C)(=O)=O)[C@@H]1OS(C)(=O)=O. The first-order valence-electron chi connectivity index (χ1n) is 8.69. The lowest BCUT2D eigenvalue weighted by Gasteiger charge is -2.41. The number of benzene rings is 2. The van der Waals surface area contributed by atoms with Crippen LogP contribution in [0.5, 0.6) is 5.75 Å². The Morgan fingerprint density at radius 3 is 1.62 bits per heavy atom. The zero-order valence-corrected chi connectivity index (χ0v) is 17.7. The monoisotopic (exact) mass is 442 g/mol. The van der Waals surface area contributed by atoms with E-state index in [1.54, 1.807) is 48.5 Å². The highest BCUT2D eigenvalue weighted by Crippen LogP contribution is 2.44. The van der Waals surface area contributed by atoms with E-state index in [0.717, 1.165) is 12.5 Å². The Balaban J connectivity index is 2.16. The number of rotatable bonds is 7. The lowest BCUT2D eigenvalue weighted by atomic mass is 9.83. The fourth-order valence-electron chi connectivity index (χ4n) is 3.38. The molecule has 0 spiro atoms. The van der Waals surface area contributed by atoms with Crippen LogP contribution in [0.3, 0.4) is 0 Å². The lowest BCUT2D eigenvalue weighted by Crippen LogP contribution is -2.48. The summed E-state index contributed by atoms with van der Waals surface area (Å²) in [6, 6.07) is 15.8. The summed E-state index contributed by atoms with van der Waals surface area (Å²) in [6.07, 6.45) is -2.67. The van der Waals surface area contributed by atoms with Crippen LogP contribution in [0.4, 0.5) is 0 Å². The molecule has 3 rings (SSSR count). The van der Waals surface area contributed by atoms with Gasteiger partial charge in [-0.3, -0.25) is 8.37 Å². The van der Waals surface area contributed by atoms with Crippen LogP contribution in [0.2, 0.25) is 0 Å². The van der Waals surface area contributed by atoms with Crippen molar-refractivity contribution in [2.45, 2.75) is 24.4 Å². The third kappa shape index (κ3) is 5.34. The molecule has 0 bridgehead atoms. The third-order valence-electron chi connectivity index (χ3n) is 4.36. The molecule has 0 N–H and O–H groups in total. The number of hydrogen-bond donors (Lipinski definition) is 0. The van der Waals surface area contributed by atoms with Crippen molar-refractivity contribution in [1.29, 1.82) is 0 Å². The molecule has 2 aromatic rings. The second-order valence-electron chi connectivity index (χ2n) is 6.67. The van der Waals surface area contributed by atoms with Crippen LogP contribution in [0.15, 0.2) is 54.6 Å². The van der Waals surface area contributed by atoms with E-state index in [1.807, 2.05) is 6.07 Å². The van der Waals surface area contributed by atoms with E-state index in [0.29, 0.717) is 16.9 Å². The van der Waals surface area contributed by atoms with Crippen molar-refractivity contribution in [2.75, 3.05) is 19.6 Å². The Morgan fingerprint density at radius 1 is 0.690 bits per heavy atom. The minimum Gasteiger partial charge on any atom is -0.483 e. The second-order valence-corrected chi connectivity index (χ2v) is 9.87. The topological polar surface area (TPSA) is 105 Å². The highest BCUT2D eigenvalue weighted by atomic mass is 32.2. The molecule has 0 saturated heterocycles. The normalized spacial score (nSPS) is 24.7. The molecular formula is C19H22O8S2. The lowest BCUT2D eigenvalue weighted by molar-refractivity contribution is -0.0976. The quantitative estimate of drug-likeness (QED) is 0.601. The summed E-state index contributed by atoms with van der Waals surface area (Å²) in [6.45, 7) is 0. The first-order chi connectivity index (χ1) is 13.6. The minimum atomic E-state index is -3.98. The minimum absolute atomic E-state index is 0.461. The van der Waals surface area contributed by atoms with Crippen molar-refractivity contribution in [3.05, 3.63) is 65.7 Å². The largest absolute Gasteiger partial charge is 0.483 e. The van der Waals surface area contributed by atoms with Gasteiger partial charge in [0.25, 0.3) is 20.2 Å². The predicted molar refractivity (Wildman–Crippen MR) is 105 cm³/mol. The maximum Gasteiger partial charge on any atom is 0.264 e. The van der Waals surface area contributed by atoms with Gasteiger partial charge in [-0.15, -0.1) is 0 Å². The Labute approximate surface area is 170 Å². The molecule has 29 heavy (non-hydrogen) atoms. The molecule has 0 heterocycles. The van der Waals surface area contributed by atoms with E-state index in [-0.39, 0.29) is 0 Å². The molecule has 0 aliphatic heterocycles. The van der Waals surface area contributed by atoms with Crippen LogP contribution in [0.25, 0.3) is 0 Å². The van der Waals surface area contributed by atoms with Gasteiger partial charge in [0.05, 0.1) is 12.5 Å². The van der Waals surface area contributed by atoms with E-state index >= 15 is 0 Å². The maximum absolute atomic E-state index is 12.0. The summed E-state index contributed by atoms with van der Waals surface area (Å²) in [7, 11) is -6.56. The molecule has 0 amide bonds. The van der Waals surface area contributed by atoms with Crippen molar-refractivity contribution in [3.8, 4) is 5.75 Å². The Hall–Kier alpha value is -1.98. The summed E-state index contributed by atoms with van der Waals surface area (Å²) < 4.78 is 69.9. The molecule has 8 nitrogen and oxygen atoms in total. The Bertz CT molecular complexity index is 1050. The van der Waals surface area contributed by atoms with Gasteiger partial charge in [0.15, 0.2) is 6.10 Å². The zero-order chi connectivity index (χ0) is 21.2. The van der Waals surface area contributed by atoms with Crippen LogP contribution >= 0.6 is 0 Å². The molecule has 1 aliphatic rings. The zero-order valence-electron chi connectivity index (χ0n) is 16.1. The standard InChI is InChI=1S/C19H22O8S2/c1-24-16-14-11-7-8-12-15(14)17(25-13-9-5-4-6-10-13)19(27-29(3,22)23)18(16)26-28(2,20)21/h4-12,16-19H,1-3H3/t16-,17-,18+,19+/m0/s1. The van der Waals surface area contributed by atoms with Gasteiger partial charge in [0, 0.05) is 12.7 Å². The van der Waals surface area contributed by atoms with Crippen molar-refractivity contribution < 1.29 is 34.7 Å². The van der Waals surface area contributed by atoms with E-state index in [1.165, 1.54) is 7.11 Å². The average molecular weight is 443 g/mol. The van der Waals surface area contributed by atoms with Gasteiger partial charge < -0.3 is 9.47 Å². The number of ether oxygens (including phenoxy) is 2. The summed E-state index contributed by atoms with van der Waals surface area (Å²) in [4.78, 5) is 0. The first-order valence-corrected chi connectivity index (χ1v) is 12.3. The van der Waals surface area contributed by atoms with Gasteiger partial charge >= 0.3 is 0 Å². The van der Waals surface area contributed by atoms with E-state index < -0.39 is 44.7 Å². The van der Waals surface area contributed by atoms with Gasteiger partial charge in [-0.05, 0) is 17.7 Å². The molecule has 0 aromatic heterocycles. The molecule has 158 valence electrons. The molecule has 0 radical (unpaired) electrons. The molecule has 10 heteroatoms. The highest BCUT2D eigenvalue weighted by Gasteiger charge is 2.49. The number of para-hydroxylation sites is 1. The van der Waals surface area contributed by atoms with Gasteiger partial charge in [-0.1, -0.05) is 42.5 Å². The van der Waals surface area contributed by atoms with E-state index in [9.17, 15) is 16.8 Å². The molecule has 0 fully saturated rings. The van der Waals surface area contributed by atoms with Crippen LogP contribution in [0.1, 0.15) is 23.3 Å². The molecular weight excluding hydrogens is 420 g/mol. The predicted octanol–water partition coefficient (Wildman–Crippen LogP) is 2.20. The fraction of sp³-hybridized carbons (Fsp3) is 0.368. The van der Waals surface area contributed by atoms with Crippen molar-refractivity contribution in [2.24, 2.45) is 0 Å². The van der Waals surface area contributed by atoms with Crippen LogP contribution in [-0.2, 0) is 33.3 Å². The van der Waals surface area contributed by atoms with E-state index in [2.05, 4.69) is 0 Å². The summed E-state index contributed by atoms with van der Waals surface area (Å²) in [5.74, 6) is 0.461. The number of methoxy groups -OCH3 is 1. The second kappa shape index (κ2) is 8.41. The number of fused-ring (bicyclic) bond motifs is 1. The third-order valence-corrected chi connectivity index (χ3v) is 5.51. The molecule has 4 atom stereocenters. The molecule has 1 aliphatic carbocycles. The summed E-state index contributed by atoms with van der Waals surface area (Å²) in [5, 5.41) is 0. The van der Waals surface area contributed by atoms with Gasteiger partial charge in [0.2, 0.25) is 0 Å². The summed E-state index contributed by atoms with van der Waals surface area (Å²) >= 11 is 0. The molecule has 2 aromatic carbocycles. The van der Waals surface area contributed by atoms with Crippen molar-refractivity contribution >= 4 is 20.2 Å². The maximum atomic E-state index is 12.0. The Morgan fingerprint density at radius 2 is 1.14 bits per heavy atom. The van der Waals surface area contributed by atoms with Gasteiger partial charge in [0.1, 0.15) is 24.1 Å². The summed E-state index contributed by atoms with van der Waals surface area (Å²) in [5.41, 5.74) is 1.24. The smallest absolute Gasteiger partial charge is 0.264 e. The fourth-order valence-corrected chi connectivity index (χ4v) is 4.61. The van der Waals surface area contributed by atoms with Gasteiger partial charge in [-0.25, -0.2) is 0 Å². The first kappa shape index (κ1) is 21.7. The average Bonchev–Trinajstić information content (AvgIpc) is 2.63. The molecule has 0 unspecified atom stereocenters. The van der Waals surface area contributed by atoms with Crippen LogP contribution < -0.4 is 4.74 Å². The van der Waals surface area contributed by atoms with Crippen molar-refractivity contribution in [1.82, 2.24) is 0 Å². The number of hydrogen-bond acceptors (Lipinski definition) is 8. The van der Waals surface area contributed by atoms with E-state index in [4.69, 9.17) is 17.8 Å². The van der Waals surface area contributed by atoms with Crippen LogP contribution in [-0.4, -0.2) is 48.7 Å². The molecule has 0 saturated carbocycles. The van der Waals surface area contributed by atoms with Crippen molar-refractivity contribution in [3.63, 3.8) is 0 Å².